The number of benzene rings is 1. The monoisotopic (exact) mass is 303 g/mol. The van der Waals surface area contributed by atoms with Gasteiger partial charge in [-0.2, -0.15) is 0 Å². The molecule has 0 aliphatic carbocycles. The molecule has 3 N–H and O–H groups in total. The van der Waals surface area contributed by atoms with E-state index in [2.05, 4.69) is 5.32 Å². The second-order valence-electron chi connectivity index (χ2n) is 6.05. The largest absolute Gasteiger partial charge is 0.368 e. The molecule has 22 heavy (non-hydrogen) atoms. The van der Waals surface area contributed by atoms with E-state index in [-0.39, 0.29) is 5.92 Å². The number of imide groups is 1. The van der Waals surface area contributed by atoms with E-state index in [9.17, 15) is 14.4 Å². The molecule has 6 heteroatoms. The molecule has 6 nitrogen and oxygen atoms in total. The molecule has 1 heterocycles. The van der Waals surface area contributed by atoms with Gasteiger partial charge in [0.1, 0.15) is 12.1 Å². The smallest absolute Gasteiger partial charge is 0.325 e. The third kappa shape index (κ3) is 3.10. The minimum absolute atomic E-state index is 0.136. The number of carbonyl (C=O) groups excluding carboxylic acids is 3. The molecule has 1 aliphatic heterocycles. The SMILES string of the molecule is Cc1ccc(C2NC(=O)N([C@@H](CC(C)C)C(N)=O)C2=O)cc1. The van der Waals surface area contributed by atoms with Crippen LogP contribution in [0, 0.1) is 12.8 Å². The van der Waals surface area contributed by atoms with Crippen LogP contribution in [0.4, 0.5) is 4.79 Å². The number of primary amides is 1. The third-order valence-electron chi connectivity index (χ3n) is 3.72. The van der Waals surface area contributed by atoms with Crippen LogP contribution in [0.1, 0.15) is 37.4 Å². The summed E-state index contributed by atoms with van der Waals surface area (Å²) in [6.07, 6.45) is 0.356. The highest BCUT2D eigenvalue weighted by Gasteiger charge is 2.44. The van der Waals surface area contributed by atoms with Crippen LogP contribution in [0.15, 0.2) is 24.3 Å². The fourth-order valence-electron chi connectivity index (χ4n) is 2.57. The van der Waals surface area contributed by atoms with Gasteiger partial charge in [-0.15, -0.1) is 0 Å². The van der Waals surface area contributed by atoms with Crippen molar-refractivity contribution in [2.45, 2.75) is 39.3 Å². The van der Waals surface area contributed by atoms with Gasteiger partial charge >= 0.3 is 6.03 Å². The maximum Gasteiger partial charge on any atom is 0.325 e. The van der Waals surface area contributed by atoms with Crippen LogP contribution >= 0.6 is 0 Å². The van der Waals surface area contributed by atoms with Crippen molar-refractivity contribution in [3.05, 3.63) is 35.4 Å². The standard InChI is InChI=1S/C16H21N3O3/c1-9(2)8-12(14(17)20)19-15(21)13(18-16(19)22)11-6-4-10(3)5-7-11/h4-7,9,12-13H,8H2,1-3H3,(H2,17,20)(H,18,22)/t12-,13?/m0/s1. The molecule has 118 valence electrons. The van der Waals surface area contributed by atoms with Gasteiger partial charge in [0.05, 0.1) is 0 Å². The van der Waals surface area contributed by atoms with Gasteiger partial charge in [-0.3, -0.25) is 9.59 Å². The quantitative estimate of drug-likeness (QED) is 0.807. The highest BCUT2D eigenvalue weighted by molar-refractivity contribution is 6.07. The number of nitrogens with one attached hydrogen (secondary N) is 1. The van der Waals surface area contributed by atoms with Crippen LogP contribution in [0.5, 0.6) is 0 Å². The van der Waals surface area contributed by atoms with Gasteiger partial charge in [-0.25, -0.2) is 9.69 Å². The minimum atomic E-state index is -0.914. The van der Waals surface area contributed by atoms with Crippen molar-refractivity contribution in [1.82, 2.24) is 10.2 Å². The zero-order chi connectivity index (χ0) is 16.4. The fraction of sp³-hybridized carbons (Fsp3) is 0.438. The second-order valence-corrected chi connectivity index (χ2v) is 6.05. The number of hydrogen-bond donors (Lipinski definition) is 2. The molecule has 0 spiro atoms. The molecule has 2 rings (SSSR count). The van der Waals surface area contributed by atoms with E-state index in [4.69, 9.17) is 5.73 Å². The molecular weight excluding hydrogens is 282 g/mol. The van der Waals surface area contributed by atoms with Gasteiger partial charge in [0, 0.05) is 0 Å². The Bertz CT molecular complexity index is 595. The highest BCUT2D eigenvalue weighted by Crippen LogP contribution is 2.25. The van der Waals surface area contributed by atoms with Crippen LogP contribution in [0.3, 0.4) is 0 Å². The molecule has 1 aliphatic rings. The molecule has 0 saturated carbocycles. The minimum Gasteiger partial charge on any atom is -0.368 e. The lowest BCUT2D eigenvalue weighted by atomic mass is 10.0. The van der Waals surface area contributed by atoms with E-state index in [1.165, 1.54) is 0 Å². The molecule has 1 aromatic rings. The fourth-order valence-corrected chi connectivity index (χ4v) is 2.57. The van der Waals surface area contributed by atoms with Crippen molar-refractivity contribution < 1.29 is 14.4 Å². The molecule has 0 aromatic heterocycles. The summed E-state index contributed by atoms with van der Waals surface area (Å²) < 4.78 is 0. The first-order valence-corrected chi connectivity index (χ1v) is 7.30. The molecule has 1 saturated heterocycles. The summed E-state index contributed by atoms with van der Waals surface area (Å²) in [7, 11) is 0. The normalized spacial score (nSPS) is 19.5. The van der Waals surface area contributed by atoms with Crippen LogP contribution in [-0.4, -0.2) is 28.8 Å². The first-order valence-electron chi connectivity index (χ1n) is 7.30. The Morgan fingerprint density at radius 3 is 2.36 bits per heavy atom. The van der Waals surface area contributed by atoms with Gasteiger partial charge in [0.2, 0.25) is 5.91 Å². The summed E-state index contributed by atoms with van der Waals surface area (Å²) >= 11 is 0. The van der Waals surface area contributed by atoms with E-state index < -0.39 is 29.9 Å². The Labute approximate surface area is 129 Å². The summed E-state index contributed by atoms with van der Waals surface area (Å²) in [6, 6.07) is 5.09. The molecule has 0 bridgehead atoms. The van der Waals surface area contributed by atoms with E-state index in [0.717, 1.165) is 10.5 Å². The van der Waals surface area contributed by atoms with Crippen molar-refractivity contribution in [1.29, 1.82) is 0 Å². The van der Waals surface area contributed by atoms with Crippen molar-refractivity contribution in [3.63, 3.8) is 0 Å². The predicted octanol–water partition coefficient (Wildman–Crippen LogP) is 1.49. The first-order chi connectivity index (χ1) is 10.3. The average molecular weight is 303 g/mol. The maximum atomic E-state index is 12.6. The molecule has 0 radical (unpaired) electrons. The number of carbonyl (C=O) groups is 3. The Morgan fingerprint density at radius 2 is 1.86 bits per heavy atom. The maximum absolute atomic E-state index is 12.6. The number of rotatable bonds is 5. The first kappa shape index (κ1) is 16.0. The van der Waals surface area contributed by atoms with Crippen LogP contribution in [-0.2, 0) is 9.59 Å². The summed E-state index contributed by atoms with van der Waals surface area (Å²) in [5.41, 5.74) is 7.14. The lowest BCUT2D eigenvalue weighted by Gasteiger charge is -2.24. The number of nitrogens with zero attached hydrogens (tertiary/aromatic N) is 1. The van der Waals surface area contributed by atoms with Gasteiger partial charge in [-0.05, 0) is 24.8 Å². The molecule has 2 atom stereocenters. The van der Waals surface area contributed by atoms with Gasteiger partial charge in [0.25, 0.3) is 5.91 Å². The molecule has 1 aromatic carbocycles. The third-order valence-corrected chi connectivity index (χ3v) is 3.72. The number of nitrogens with two attached hydrogens (primary N) is 1. The Kier molecular flexibility index (Phi) is 4.49. The molecular formula is C16H21N3O3. The van der Waals surface area contributed by atoms with Crippen molar-refractivity contribution >= 4 is 17.8 Å². The summed E-state index contributed by atoms with van der Waals surface area (Å²) in [5, 5.41) is 2.63. The highest BCUT2D eigenvalue weighted by atomic mass is 16.2. The zero-order valence-electron chi connectivity index (χ0n) is 13.0. The zero-order valence-corrected chi connectivity index (χ0v) is 13.0. The Hall–Kier alpha value is -2.37. The number of hydrogen-bond acceptors (Lipinski definition) is 3. The van der Waals surface area contributed by atoms with Crippen molar-refractivity contribution in [2.75, 3.05) is 0 Å². The Morgan fingerprint density at radius 1 is 1.27 bits per heavy atom. The predicted molar refractivity (Wildman–Crippen MR) is 81.7 cm³/mol. The summed E-state index contributed by atoms with van der Waals surface area (Å²) in [4.78, 5) is 37.3. The van der Waals surface area contributed by atoms with Crippen LogP contribution in [0.25, 0.3) is 0 Å². The van der Waals surface area contributed by atoms with Gasteiger partial charge in [0.15, 0.2) is 0 Å². The summed E-state index contributed by atoms with van der Waals surface area (Å²) in [5.74, 6) is -0.961. The second kappa shape index (κ2) is 6.17. The molecule has 1 fully saturated rings. The van der Waals surface area contributed by atoms with E-state index in [1.54, 1.807) is 12.1 Å². The van der Waals surface area contributed by atoms with E-state index >= 15 is 0 Å². The van der Waals surface area contributed by atoms with E-state index in [1.807, 2.05) is 32.9 Å². The average Bonchev–Trinajstić information content (AvgIpc) is 2.72. The summed E-state index contributed by atoms with van der Waals surface area (Å²) in [6.45, 7) is 5.76. The molecule has 4 amide bonds. The van der Waals surface area contributed by atoms with Crippen LogP contribution < -0.4 is 11.1 Å². The van der Waals surface area contributed by atoms with E-state index in [0.29, 0.717) is 12.0 Å². The number of urea groups is 1. The van der Waals surface area contributed by atoms with Gasteiger partial charge < -0.3 is 11.1 Å². The lowest BCUT2D eigenvalue weighted by Crippen LogP contribution is -2.48. The van der Waals surface area contributed by atoms with Gasteiger partial charge in [-0.1, -0.05) is 43.7 Å². The topological polar surface area (TPSA) is 92.5 Å². The molecule has 1 unspecified atom stereocenters. The lowest BCUT2D eigenvalue weighted by molar-refractivity contribution is -0.135. The van der Waals surface area contributed by atoms with Crippen molar-refractivity contribution in [2.24, 2.45) is 11.7 Å². The number of amides is 4. The Balaban J connectivity index is 2.27. The van der Waals surface area contributed by atoms with Crippen LogP contribution in [0.2, 0.25) is 0 Å². The van der Waals surface area contributed by atoms with Crippen molar-refractivity contribution in [3.8, 4) is 0 Å². The number of aryl methyl sites for hydroxylation is 1.